The van der Waals surface area contributed by atoms with Gasteiger partial charge in [-0.1, -0.05) is 5.57 Å². The number of anilines is 1. The zero-order chi connectivity index (χ0) is 12.3. The van der Waals surface area contributed by atoms with Crippen LogP contribution in [0.3, 0.4) is 0 Å². The molecule has 3 heteroatoms. The molecular weight excluding hydrogens is 212 g/mol. The summed E-state index contributed by atoms with van der Waals surface area (Å²) in [5.74, 6) is 0.330. The zero-order valence-corrected chi connectivity index (χ0v) is 10.6. The molecule has 0 aromatic heterocycles. The second kappa shape index (κ2) is 5.13. The summed E-state index contributed by atoms with van der Waals surface area (Å²) < 4.78 is 0. The molecule has 0 spiro atoms. The minimum atomic E-state index is 0.330. The van der Waals surface area contributed by atoms with Crippen LogP contribution >= 0.6 is 0 Å². The van der Waals surface area contributed by atoms with E-state index >= 15 is 0 Å². The lowest BCUT2D eigenvalue weighted by Gasteiger charge is -2.35. The summed E-state index contributed by atoms with van der Waals surface area (Å²) in [7, 11) is 0. The summed E-state index contributed by atoms with van der Waals surface area (Å²) >= 11 is 0. The Balaban J connectivity index is 1.95. The third-order valence-corrected chi connectivity index (χ3v) is 2.97. The van der Waals surface area contributed by atoms with Crippen molar-refractivity contribution < 1.29 is 5.11 Å². The van der Waals surface area contributed by atoms with Crippen molar-refractivity contribution >= 4 is 5.69 Å². The SMILES string of the molecule is CC(C)=CN1CCN(c2ccc(O)cc2)CC1. The fourth-order valence-corrected chi connectivity index (χ4v) is 2.14. The summed E-state index contributed by atoms with van der Waals surface area (Å²) in [6, 6.07) is 7.45. The molecule has 0 radical (unpaired) electrons. The number of hydrogen-bond acceptors (Lipinski definition) is 3. The van der Waals surface area contributed by atoms with E-state index in [-0.39, 0.29) is 0 Å². The fraction of sp³-hybridized carbons (Fsp3) is 0.429. The molecule has 0 atom stereocenters. The van der Waals surface area contributed by atoms with E-state index in [2.05, 4.69) is 29.8 Å². The third kappa shape index (κ3) is 3.16. The Labute approximate surface area is 103 Å². The highest BCUT2D eigenvalue weighted by Crippen LogP contribution is 2.19. The topological polar surface area (TPSA) is 26.7 Å². The van der Waals surface area contributed by atoms with Crippen LogP contribution in [0, 0.1) is 0 Å². The first kappa shape index (κ1) is 11.8. The highest BCUT2D eigenvalue weighted by Gasteiger charge is 2.14. The van der Waals surface area contributed by atoms with E-state index in [0.717, 1.165) is 26.2 Å². The van der Waals surface area contributed by atoms with Gasteiger partial charge in [0.05, 0.1) is 0 Å². The van der Waals surface area contributed by atoms with Crippen molar-refractivity contribution in [2.75, 3.05) is 31.1 Å². The van der Waals surface area contributed by atoms with Crippen LogP contribution in [0.15, 0.2) is 36.0 Å². The van der Waals surface area contributed by atoms with Gasteiger partial charge in [0.15, 0.2) is 0 Å². The minimum Gasteiger partial charge on any atom is -0.508 e. The van der Waals surface area contributed by atoms with Gasteiger partial charge in [0.2, 0.25) is 0 Å². The maximum absolute atomic E-state index is 9.26. The summed E-state index contributed by atoms with van der Waals surface area (Å²) in [6.45, 7) is 8.46. The number of piperazine rings is 1. The molecule has 3 nitrogen and oxygen atoms in total. The molecule has 1 aromatic carbocycles. The minimum absolute atomic E-state index is 0.330. The van der Waals surface area contributed by atoms with Crippen LogP contribution in [0.5, 0.6) is 5.75 Å². The molecule has 0 bridgehead atoms. The Kier molecular flexibility index (Phi) is 3.57. The van der Waals surface area contributed by atoms with Gasteiger partial charge in [0.1, 0.15) is 5.75 Å². The van der Waals surface area contributed by atoms with Crippen molar-refractivity contribution in [3.05, 3.63) is 36.0 Å². The van der Waals surface area contributed by atoms with E-state index in [1.165, 1.54) is 11.3 Å². The Bertz CT molecular complexity index is 385. The van der Waals surface area contributed by atoms with Gasteiger partial charge in [0.25, 0.3) is 0 Å². The monoisotopic (exact) mass is 232 g/mol. The van der Waals surface area contributed by atoms with Crippen LogP contribution in [0.25, 0.3) is 0 Å². The number of allylic oxidation sites excluding steroid dienone is 1. The van der Waals surface area contributed by atoms with E-state index in [9.17, 15) is 5.11 Å². The normalized spacial score (nSPS) is 15.9. The van der Waals surface area contributed by atoms with Crippen molar-refractivity contribution in [2.45, 2.75) is 13.8 Å². The van der Waals surface area contributed by atoms with Gasteiger partial charge >= 0.3 is 0 Å². The number of phenolic OH excluding ortho intramolecular Hbond substituents is 1. The molecular formula is C14H20N2O. The fourth-order valence-electron chi connectivity index (χ4n) is 2.14. The molecule has 2 rings (SSSR count). The average molecular weight is 232 g/mol. The van der Waals surface area contributed by atoms with E-state index < -0.39 is 0 Å². The first-order valence-corrected chi connectivity index (χ1v) is 6.08. The number of phenols is 1. The van der Waals surface area contributed by atoms with E-state index in [0.29, 0.717) is 5.75 Å². The highest BCUT2D eigenvalue weighted by atomic mass is 16.3. The molecule has 1 aromatic rings. The lowest BCUT2D eigenvalue weighted by Crippen LogP contribution is -2.44. The average Bonchev–Trinajstić information content (AvgIpc) is 2.30. The van der Waals surface area contributed by atoms with E-state index in [1.807, 2.05) is 12.1 Å². The van der Waals surface area contributed by atoms with Crippen molar-refractivity contribution in [2.24, 2.45) is 0 Å². The van der Waals surface area contributed by atoms with Crippen LogP contribution in [-0.4, -0.2) is 36.2 Å². The molecule has 0 amide bonds. The Morgan fingerprint density at radius 2 is 1.65 bits per heavy atom. The molecule has 0 aliphatic carbocycles. The molecule has 0 unspecified atom stereocenters. The van der Waals surface area contributed by atoms with E-state index in [1.54, 1.807) is 12.1 Å². The molecule has 1 N–H and O–H groups in total. The van der Waals surface area contributed by atoms with Crippen LogP contribution in [-0.2, 0) is 0 Å². The van der Waals surface area contributed by atoms with Gasteiger partial charge < -0.3 is 14.9 Å². The number of nitrogens with zero attached hydrogens (tertiary/aromatic N) is 2. The maximum atomic E-state index is 9.26. The standard InChI is InChI=1S/C14H20N2O/c1-12(2)11-15-7-9-16(10-8-15)13-3-5-14(17)6-4-13/h3-6,11,17H,7-10H2,1-2H3. The summed E-state index contributed by atoms with van der Waals surface area (Å²) in [6.07, 6.45) is 2.23. The Morgan fingerprint density at radius 3 is 2.18 bits per heavy atom. The van der Waals surface area contributed by atoms with Gasteiger partial charge in [-0.05, 0) is 44.3 Å². The van der Waals surface area contributed by atoms with E-state index in [4.69, 9.17) is 0 Å². The summed E-state index contributed by atoms with van der Waals surface area (Å²) in [4.78, 5) is 4.72. The second-order valence-electron chi connectivity index (χ2n) is 4.75. The quantitative estimate of drug-likeness (QED) is 0.848. The first-order chi connectivity index (χ1) is 8.15. The lowest BCUT2D eigenvalue weighted by molar-refractivity contribution is 0.347. The second-order valence-corrected chi connectivity index (χ2v) is 4.75. The summed E-state index contributed by atoms with van der Waals surface area (Å²) in [5, 5.41) is 9.26. The lowest BCUT2D eigenvalue weighted by atomic mass is 10.2. The van der Waals surface area contributed by atoms with Gasteiger partial charge in [-0.25, -0.2) is 0 Å². The number of aromatic hydroxyl groups is 1. The molecule has 17 heavy (non-hydrogen) atoms. The van der Waals surface area contributed by atoms with Gasteiger partial charge in [-0.15, -0.1) is 0 Å². The van der Waals surface area contributed by atoms with Crippen LogP contribution in [0.2, 0.25) is 0 Å². The van der Waals surface area contributed by atoms with Crippen LogP contribution < -0.4 is 4.90 Å². The predicted octanol–water partition coefficient (Wildman–Crippen LogP) is 2.44. The highest BCUT2D eigenvalue weighted by molar-refractivity contribution is 5.49. The first-order valence-electron chi connectivity index (χ1n) is 6.08. The number of hydrogen-bond donors (Lipinski definition) is 1. The van der Waals surface area contributed by atoms with Crippen LogP contribution in [0.1, 0.15) is 13.8 Å². The maximum Gasteiger partial charge on any atom is 0.115 e. The third-order valence-electron chi connectivity index (χ3n) is 2.97. The molecule has 1 aliphatic heterocycles. The zero-order valence-electron chi connectivity index (χ0n) is 10.6. The van der Waals surface area contributed by atoms with Crippen molar-refractivity contribution in [3.63, 3.8) is 0 Å². The smallest absolute Gasteiger partial charge is 0.115 e. The van der Waals surface area contributed by atoms with Gasteiger partial charge in [0, 0.05) is 31.9 Å². The Morgan fingerprint density at radius 1 is 1.06 bits per heavy atom. The largest absolute Gasteiger partial charge is 0.508 e. The predicted molar refractivity (Wildman–Crippen MR) is 71.3 cm³/mol. The van der Waals surface area contributed by atoms with Gasteiger partial charge in [-0.2, -0.15) is 0 Å². The van der Waals surface area contributed by atoms with Crippen molar-refractivity contribution in [1.29, 1.82) is 0 Å². The molecule has 1 heterocycles. The number of benzene rings is 1. The molecule has 1 saturated heterocycles. The molecule has 92 valence electrons. The van der Waals surface area contributed by atoms with Crippen molar-refractivity contribution in [1.82, 2.24) is 4.90 Å². The molecule has 1 aliphatic rings. The molecule has 1 fully saturated rings. The van der Waals surface area contributed by atoms with Crippen LogP contribution in [0.4, 0.5) is 5.69 Å². The number of rotatable bonds is 2. The Hall–Kier alpha value is -1.64. The van der Waals surface area contributed by atoms with Gasteiger partial charge in [-0.3, -0.25) is 0 Å². The summed E-state index contributed by atoms with van der Waals surface area (Å²) in [5.41, 5.74) is 2.54. The van der Waals surface area contributed by atoms with Crippen molar-refractivity contribution in [3.8, 4) is 5.75 Å². The molecule has 0 saturated carbocycles.